The minimum atomic E-state index is -3.94. The van der Waals surface area contributed by atoms with Crippen molar-refractivity contribution in [1.82, 2.24) is 0 Å². The summed E-state index contributed by atoms with van der Waals surface area (Å²) in [5.74, 6) is -1.93. The van der Waals surface area contributed by atoms with Gasteiger partial charge in [-0.2, -0.15) is 0 Å². The number of hydrogen-bond acceptors (Lipinski definition) is 7. The predicted molar refractivity (Wildman–Crippen MR) is 59.3 cm³/mol. The van der Waals surface area contributed by atoms with Gasteiger partial charge >= 0.3 is 13.6 Å². The standard InChI is InChI=1S/C8H15N2O6P/c1-4-14-17(13,15-5-2)8(7(9)12)10-16-6(3)11/h4-5H2,1-3H3,(H2,9,12)/b10-8+. The van der Waals surface area contributed by atoms with Gasteiger partial charge in [0.15, 0.2) is 0 Å². The van der Waals surface area contributed by atoms with Gasteiger partial charge in [-0.05, 0) is 13.8 Å². The molecule has 0 aliphatic heterocycles. The van der Waals surface area contributed by atoms with Crippen LogP contribution in [-0.4, -0.2) is 30.5 Å². The smallest absolute Gasteiger partial charge is 0.364 e. The topological polar surface area (TPSA) is 117 Å². The zero-order chi connectivity index (χ0) is 13.5. The summed E-state index contributed by atoms with van der Waals surface area (Å²) in [6.07, 6.45) is 0. The Morgan fingerprint density at radius 2 is 1.71 bits per heavy atom. The first-order valence-electron chi connectivity index (χ1n) is 4.82. The second kappa shape index (κ2) is 7.16. The lowest BCUT2D eigenvalue weighted by Crippen LogP contribution is -2.26. The zero-order valence-electron chi connectivity index (χ0n) is 9.84. The SMILES string of the molecule is CCOP(=O)(OCC)/C(=N/OC(C)=O)C(N)=O. The minimum Gasteiger partial charge on any atom is -0.364 e. The van der Waals surface area contributed by atoms with Crippen molar-refractivity contribution >= 4 is 24.9 Å². The molecule has 0 aromatic heterocycles. The molecule has 0 aromatic carbocycles. The van der Waals surface area contributed by atoms with E-state index in [2.05, 4.69) is 9.99 Å². The maximum atomic E-state index is 12.1. The number of hydrogen-bond donors (Lipinski definition) is 1. The van der Waals surface area contributed by atoms with E-state index < -0.39 is 24.9 Å². The van der Waals surface area contributed by atoms with Crippen molar-refractivity contribution in [2.45, 2.75) is 20.8 Å². The van der Waals surface area contributed by atoms with Gasteiger partial charge in [0.05, 0.1) is 13.2 Å². The molecule has 0 rings (SSSR count). The van der Waals surface area contributed by atoms with E-state index in [9.17, 15) is 14.2 Å². The number of amides is 1. The molecule has 2 N–H and O–H groups in total. The maximum absolute atomic E-state index is 12.1. The molecule has 9 heteroatoms. The molecule has 0 saturated heterocycles. The Morgan fingerprint density at radius 3 is 2.00 bits per heavy atom. The number of primary amides is 1. The van der Waals surface area contributed by atoms with Crippen LogP contribution in [0, 0.1) is 0 Å². The average molecular weight is 266 g/mol. The van der Waals surface area contributed by atoms with Crippen LogP contribution >= 0.6 is 7.60 Å². The summed E-state index contributed by atoms with van der Waals surface area (Å²) in [7, 11) is -3.94. The van der Waals surface area contributed by atoms with Crippen molar-refractivity contribution in [3.8, 4) is 0 Å². The third-order valence-corrected chi connectivity index (χ3v) is 3.36. The lowest BCUT2D eigenvalue weighted by atomic mass is 10.7. The lowest BCUT2D eigenvalue weighted by molar-refractivity contribution is -0.140. The van der Waals surface area contributed by atoms with Crippen molar-refractivity contribution < 1.29 is 28.0 Å². The van der Waals surface area contributed by atoms with Gasteiger partial charge in [-0.25, -0.2) is 4.79 Å². The fraction of sp³-hybridized carbons (Fsp3) is 0.625. The molecule has 0 unspecified atom stereocenters. The Kier molecular flexibility index (Phi) is 6.64. The van der Waals surface area contributed by atoms with Crippen molar-refractivity contribution in [2.24, 2.45) is 10.9 Å². The minimum absolute atomic E-state index is 0.0175. The summed E-state index contributed by atoms with van der Waals surface area (Å²) in [6.45, 7) is 4.20. The van der Waals surface area contributed by atoms with Crippen LogP contribution in [0.4, 0.5) is 0 Å². The first-order chi connectivity index (χ1) is 7.87. The highest BCUT2D eigenvalue weighted by Gasteiger charge is 2.37. The molecule has 0 fully saturated rings. The van der Waals surface area contributed by atoms with E-state index in [1.807, 2.05) is 0 Å². The number of rotatable bonds is 7. The van der Waals surface area contributed by atoms with Gasteiger partial charge in [-0.15, -0.1) is 0 Å². The molecule has 0 saturated carbocycles. The monoisotopic (exact) mass is 266 g/mol. The van der Waals surface area contributed by atoms with Gasteiger partial charge in [0, 0.05) is 6.92 Å². The fourth-order valence-electron chi connectivity index (χ4n) is 0.837. The predicted octanol–water partition coefficient (Wildman–Crippen LogP) is 0.614. The number of nitrogens with two attached hydrogens (primary N) is 1. The molecule has 8 nitrogen and oxygen atoms in total. The molecule has 0 aromatic rings. The average Bonchev–Trinajstić information content (AvgIpc) is 2.17. The normalized spacial score (nSPS) is 12.3. The van der Waals surface area contributed by atoms with E-state index in [0.29, 0.717) is 0 Å². The van der Waals surface area contributed by atoms with Gasteiger partial charge in [-0.3, -0.25) is 9.36 Å². The van der Waals surface area contributed by atoms with Crippen LogP contribution in [0.5, 0.6) is 0 Å². The van der Waals surface area contributed by atoms with Gasteiger partial charge < -0.3 is 19.6 Å². The second-order valence-corrected chi connectivity index (χ2v) is 4.63. The Morgan fingerprint density at radius 1 is 1.24 bits per heavy atom. The van der Waals surface area contributed by atoms with Crippen LogP contribution in [0.2, 0.25) is 0 Å². The van der Waals surface area contributed by atoms with Gasteiger partial charge in [0.2, 0.25) is 0 Å². The second-order valence-electron chi connectivity index (χ2n) is 2.70. The van der Waals surface area contributed by atoms with E-state index in [1.54, 1.807) is 13.8 Å². The van der Waals surface area contributed by atoms with Crippen LogP contribution in [0.25, 0.3) is 0 Å². The van der Waals surface area contributed by atoms with Crippen LogP contribution in [0.1, 0.15) is 20.8 Å². The summed E-state index contributed by atoms with van der Waals surface area (Å²) in [4.78, 5) is 25.9. The van der Waals surface area contributed by atoms with Crippen LogP contribution in [0.3, 0.4) is 0 Å². The Balaban J connectivity index is 5.24. The van der Waals surface area contributed by atoms with E-state index in [4.69, 9.17) is 14.8 Å². The first-order valence-corrected chi connectivity index (χ1v) is 6.36. The molecule has 98 valence electrons. The Bertz CT molecular complexity index is 357. The number of oxime groups is 1. The molecule has 0 bridgehead atoms. The van der Waals surface area contributed by atoms with E-state index in [1.165, 1.54) is 0 Å². The molecule has 0 heterocycles. The number of carbonyl (C=O) groups excluding carboxylic acids is 2. The molecular formula is C8H15N2O6P. The Hall–Kier alpha value is -1.24. The quantitative estimate of drug-likeness (QED) is 0.312. The molecule has 1 amide bonds. The zero-order valence-corrected chi connectivity index (χ0v) is 10.7. The largest absolute Gasteiger partial charge is 0.388 e. The van der Waals surface area contributed by atoms with Crippen molar-refractivity contribution in [3.05, 3.63) is 0 Å². The van der Waals surface area contributed by atoms with Crippen molar-refractivity contribution in [1.29, 1.82) is 0 Å². The molecule has 0 spiro atoms. The third kappa shape index (κ3) is 5.08. The maximum Gasteiger partial charge on any atom is 0.388 e. The van der Waals surface area contributed by atoms with Gasteiger partial charge in [-0.1, -0.05) is 5.16 Å². The summed E-state index contributed by atoms with van der Waals surface area (Å²) in [6, 6.07) is 0. The van der Waals surface area contributed by atoms with Crippen molar-refractivity contribution in [3.63, 3.8) is 0 Å². The third-order valence-electron chi connectivity index (χ3n) is 1.34. The highest BCUT2D eigenvalue weighted by atomic mass is 31.2. The van der Waals surface area contributed by atoms with E-state index in [-0.39, 0.29) is 13.2 Å². The highest BCUT2D eigenvalue weighted by Crippen LogP contribution is 2.49. The molecule has 0 radical (unpaired) electrons. The lowest BCUT2D eigenvalue weighted by Gasteiger charge is -2.15. The summed E-state index contributed by atoms with van der Waals surface area (Å²) in [5.41, 5.74) is 4.24. The molecule has 17 heavy (non-hydrogen) atoms. The molecule has 0 aliphatic rings. The first kappa shape index (κ1) is 15.8. The van der Waals surface area contributed by atoms with Crippen molar-refractivity contribution in [2.75, 3.05) is 13.2 Å². The molecule has 0 aliphatic carbocycles. The molecular weight excluding hydrogens is 251 g/mol. The highest BCUT2D eigenvalue weighted by molar-refractivity contribution is 7.75. The van der Waals surface area contributed by atoms with Gasteiger partial charge in [0.1, 0.15) is 0 Å². The van der Waals surface area contributed by atoms with E-state index >= 15 is 0 Å². The van der Waals surface area contributed by atoms with Crippen LogP contribution in [-0.2, 0) is 28.0 Å². The summed E-state index contributed by atoms with van der Waals surface area (Å²) < 4.78 is 21.8. The molecule has 0 atom stereocenters. The van der Waals surface area contributed by atoms with Crippen LogP contribution in [0.15, 0.2) is 5.16 Å². The summed E-state index contributed by atoms with van der Waals surface area (Å²) >= 11 is 0. The van der Waals surface area contributed by atoms with Crippen LogP contribution < -0.4 is 5.73 Å². The Labute approximate surface area is 98.6 Å². The number of carbonyl (C=O) groups is 2. The fourth-order valence-corrected chi connectivity index (χ4v) is 2.25. The van der Waals surface area contributed by atoms with Gasteiger partial charge in [0.25, 0.3) is 11.4 Å². The summed E-state index contributed by atoms with van der Waals surface area (Å²) in [5, 5.41) is 3.11. The van der Waals surface area contributed by atoms with E-state index in [0.717, 1.165) is 6.92 Å². The number of nitrogens with zero attached hydrogens (tertiary/aromatic N) is 1.